The van der Waals surface area contributed by atoms with Gasteiger partial charge in [-0.3, -0.25) is 10.2 Å². The molecule has 1 heterocycles. The quantitative estimate of drug-likeness (QED) is 0.375. The predicted octanol–water partition coefficient (Wildman–Crippen LogP) is -1.15. The number of ether oxygens (including phenoxy) is 2. The maximum atomic E-state index is 8.88. The smallest absolute Gasteiger partial charge is 0.403 e. The lowest BCUT2D eigenvalue weighted by Crippen LogP contribution is -2.37. The van der Waals surface area contributed by atoms with Crippen molar-refractivity contribution in [2.45, 2.75) is 6.16 Å². The standard InChI is InChI=1S/C7H5BO4/c8-4-1-2-5-6(3-4)12-7(9,10)11-5/h1-3,9-10H. The maximum absolute atomic E-state index is 8.88. The summed E-state index contributed by atoms with van der Waals surface area (Å²) in [6, 6.07) is 4.52. The second-order valence-corrected chi connectivity index (χ2v) is 2.46. The summed E-state index contributed by atoms with van der Waals surface area (Å²) in [4.78, 5) is 0. The van der Waals surface area contributed by atoms with Crippen molar-refractivity contribution in [3.8, 4) is 11.5 Å². The van der Waals surface area contributed by atoms with Crippen molar-refractivity contribution >= 4 is 13.3 Å². The van der Waals surface area contributed by atoms with Crippen LogP contribution in [-0.4, -0.2) is 24.2 Å². The summed E-state index contributed by atoms with van der Waals surface area (Å²) in [6.07, 6.45) is -2.56. The molecule has 0 amide bonds. The van der Waals surface area contributed by atoms with Gasteiger partial charge in [0.25, 0.3) is 0 Å². The van der Waals surface area contributed by atoms with Crippen LogP contribution >= 0.6 is 0 Å². The number of fused-ring (bicyclic) bond motifs is 1. The fourth-order valence-electron chi connectivity index (χ4n) is 0.996. The van der Waals surface area contributed by atoms with Crippen LogP contribution in [0.5, 0.6) is 11.5 Å². The molecule has 0 saturated heterocycles. The van der Waals surface area contributed by atoms with E-state index in [4.69, 9.17) is 18.1 Å². The molecule has 1 aromatic rings. The Kier molecular flexibility index (Phi) is 1.34. The third kappa shape index (κ3) is 1.13. The highest BCUT2D eigenvalue weighted by atomic mass is 17.0. The molecule has 0 atom stereocenters. The zero-order chi connectivity index (χ0) is 8.77. The molecule has 0 unspecified atom stereocenters. The number of hydrogen-bond acceptors (Lipinski definition) is 4. The fourth-order valence-corrected chi connectivity index (χ4v) is 0.996. The molecule has 60 valence electrons. The van der Waals surface area contributed by atoms with E-state index in [2.05, 4.69) is 9.47 Å². The molecular weight excluding hydrogens is 159 g/mol. The van der Waals surface area contributed by atoms with Crippen LogP contribution in [0.25, 0.3) is 0 Å². The van der Waals surface area contributed by atoms with Gasteiger partial charge in [-0.25, -0.2) is 0 Å². The Balaban J connectivity index is 2.43. The minimum atomic E-state index is -2.56. The lowest BCUT2D eigenvalue weighted by molar-refractivity contribution is -0.385. The van der Waals surface area contributed by atoms with Crippen molar-refractivity contribution in [2.24, 2.45) is 0 Å². The van der Waals surface area contributed by atoms with Crippen LogP contribution < -0.4 is 14.9 Å². The van der Waals surface area contributed by atoms with Crippen molar-refractivity contribution < 1.29 is 19.7 Å². The second kappa shape index (κ2) is 2.15. The molecule has 0 aromatic heterocycles. The van der Waals surface area contributed by atoms with E-state index in [0.29, 0.717) is 5.46 Å². The van der Waals surface area contributed by atoms with Gasteiger partial charge in [0.15, 0.2) is 11.5 Å². The van der Waals surface area contributed by atoms with Crippen LogP contribution in [0.2, 0.25) is 0 Å². The van der Waals surface area contributed by atoms with Crippen LogP contribution in [-0.2, 0) is 0 Å². The van der Waals surface area contributed by atoms with Gasteiger partial charge in [-0.2, -0.15) is 0 Å². The highest BCUT2D eigenvalue weighted by Crippen LogP contribution is 2.35. The summed E-state index contributed by atoms with van der Waals surface area (Å²) in [5, 5.41) is 17.8. The molecule has 1 aliphatic rings. The molecule has 1 aromatic carbocycles. The minimum absolute atomic E-state index is 0.222. The Bertz CT molecular complexity index is 323. The van der Waals surface area contributed by atoms with Crippen LogP contribution in [0.15, 0.2) is 18.2 Å². The molecule has 0 bridgehead atoms. The first-order chi connectivity index (χ1) is 5.57. The molecule has 1 aliphatic heterocycles. The predicted molar refractivity (Wildman–Crippen MR) is 40.3 cm³/mol. The van der Waals surface area contributed by atoms with Crippen LogP contribution in [0.4, 0.5) is 0 Å². The average molecular weight is 164 g/mol. The molecule has 2 rings (SSSR count). The molecule has 12 heavy (non-hydrogen) atoms. The number of rotatable bonds is 0. The van der Waals surface area contributed by atoms with Crippen molar-refractivity contribution in [1.82, 2.24) is 0 Å². The van der Waals surface area contributed by atoms with Crippen molar-refractivity contribution in [3.05, 3.63) is 18.2 Å². The summed E-state index contributed by atoms with van der Waals surface area (Å²) in [6.45, 7) is 0. The molecule has 4 nitrogen and oxygen atoms in total. The molecule has 0 saturated carbocycles. The molecule has 0 fully saturated rings. The van der Waals surface area contributed by atoms with Gasteiger partial charge in [0, 0.05) is 0 Å². The van der Waals surface area contributed by atoms with Gasteiger partial charge in [0.05, 0.1) is 0 Å². The normalized spacial score (nSPS) is 17.8. The van der Waals surface area contributed by atoms with Crippen LogP contribution in [0.1, 0.15) is 0 Å². The van der Waals surface area contributed by atoms with Gasteiger partial charge in [-0.1, -0.05) is 11.5 Å². The molecular formula is C7H5BO4. The minimum Gasteiger partial charge on any atom is -0.403 e. The number of hydrogen-bond donors (Lipinski definition) is 2. The summed E-state index contributed by atoms with van der Waals surface area (Å²) < 4.78 is 9.17. The van der Waals surface area contributed by atoms with E-state index in [-0.39, 0.29) is 11.5 Å². The van der Waals surface area contributed by atoms with Crippen molar-refractivity contribution in [1.29, 1.82) is 0 Å². The second-order valence-electron chi connectivity index (χ2n) is 2.46. The highest BCUT2D eigenvalue weighted by molar-refractivity contribution is 6.32. The molecule has 2 N–H and O–H groups in total. The third-order valence-corrected chi connectivity index (χ3v) is 1.45. The van der Waals surface area contributed by atoms with Gasteiger partial charge in [0.1, 0.15) is 7.85 Å². The zero-order valence-corrected chi connectivity index (χ0v) is 6.02. The molecule has 0 spiro atoms. The van der Waals surface area contributed by atoms with Gasteiger partial charge in [-0.15, -0.1) is 0 Å². The lowest BCUT2D eigenvalue weighted by Gasteiger charge is -2.10. The van der Waals surface area contributed by atoms with E-state index in [0.717, 1.165) is 0 Å². The summed E-state index contributed by atoms with van der Waals surface area (Å²) >= 11 is 0. The van der Waals surface area contributed by atoms with E-state index >= 15 is 0 Å². The average Bonchev–Trinajstić information content (AvgIpc) is 2.21. The van der Waals surface area contributed by atoms with Gasteiger partial charge < -0.3 is 9.47 Å². The Morgan fingerprint density at radius 2 is 1.83 bits per heavy atom. The summed E-state index contributed by atoms with van der Waals surface area (Å²) in [5.41, 5.74) is 0.468. The van der Waals surface area contributed by atoms with Gasteiger partial charge in [0.2, 0.25) is 0 Å². The van der Waals surface area contributed by atoms with Gasteiger partial charge in [-0.05, 0) is 12.1 Å². The van der Waals surface area contributed by atoms with E-state index < -0.39 is 6.16 Å². The van der Waals surface area contributed by atoms with E-state index in [9.17, 15) is 0 Å². The largest absolute Gasteiger partial charge is 0.505 e. The van der Waals surface area contributed by atoms with Crippen LogP contribution in [0, 0.1) is 0 Å². The molecule has 0 aliphatic carbocycles. The highest BCUT2D eigenvalue weighted by Gasteiger charge is 2.37. The zero-order valence-electron chi connectivity index (χ0n) is 6.02. The molecule has 5 heteroatoms. The van der Waals surface area contributed by atoms with Crippen LogP contribution in [0.3, 0.4) is 0 Å². The van der Waals surface area contributed by atoms with Crippen molar-refractivity contribution in [2.75, 3.05) is 0 Å². The molecule has 2 radical (unpaired) electrons. The fraction of sp³-hybridized carbons (Fsp3) is 0.143. The first-order valence-electron chi connectivity index (χ1n) is 3.29. The lowest BCUT2D eigenvalue weighted by atomic mass is 9.96. The van der Waals surface area contributed by atoms with E-state index in [1.54, 1.807) is 6.07 Å². The number of benzene rings is 1. The Morgan fingerprint density at radius 1 is 1.17 bits per heavy atom. The topological polar surface area (TPSA) is 58.9 Å². The summed E-state index contributed by atoms with van der Waals surface area (Å²) in [7, 11) is 5.42. The summed E-state index contributed by atoms with van der Waals surface area (Å²) in [5.74, 6) is 0.481. The Hall–Kier alpha value is -1.20. The van der Waals surface area contributed by atoms with Gasteiger partial charge >= 0.3 is 6.16 Å². The Morgan fingerprint density at radius 3 is 2.58 bits per heavy atom. The first-order valence-corrected chi connectivity index (χ1v) is 3.29. The van der Waals surface area contributed by atoms with Crippen molar-refractivity contribution in [3.63, 3.8) is 0 Å². The number of aliphatic hydroxyl groups is 2. The Labute approximate surface area is 69.8 Å². The monoisotopic (exact) mass is 164 g/mol. The maximum Gasteiger partial charge on any atom is 0.505 e. The van der Waals surface area contributed by atoms with E-state index in [1.165, 1.54) is 12.1 Å². The third-order valence-electron chi connectivity index (χ3n) is 1.45. The first kappa shape index (κ1) is 7.45. The SMILES string of the molecule is [B]c1ccc2c(c1)OC(O)(O)O2. The van der Waals surface area contributed by atoms with E-state index in [1.807, 2.05) is 0 Å².